The Balaban J connectivity index is 1.67. The van der Waals surface area contributed by atoms with Crippen LogP contribution in [-0.2, 0) is 17.4 Å². The van der Waals surface area contributed by atoms with Crippen molar-refractivity contribution in [1.29, 1.82) is 5.41 Å². The van der Waals surface area contributed by atoms with Gasteiger partial charge in [-0.2, -0.15) is 0 Å². The fourth-order valence-electron chi connectivity index (χ4n) is 1.47. The van der Waals surface area contributed by atoms with Gasteiger partial charge in [0.1, 0.15) is 23.8 Å². The van der Waals surface area contributed by atoms with E-state index >= 15 is 0 Å². The highest BCUT2D eigenvalue weighted by molar-refractivity contribution is 7.52. The third-order valence-electron chi connectivity index (χ3n) is 2.27. The van der Waals surface area contributed by atoms with Gasteiger partial charge in [0.25, 0.3) is 0 Å². The average Bonchev–Trinajstić information content (AvgIpc) is 3.01. The van der Waals surface area contributed by atoms with Crippen molar-refractivity contribution in [3.05, 3.63) is 15.0 Å². The lowest BCUT2D eigenvalue weighted by Gasteiger charge is -1.95. The maximum Gasteiger partial charge on any atom is 0.176 e. The van der Waals surface area contributed by atoms with Crippen LogP contribution in [0.15, 0.2) is 0 Å². The topological polar surface area (TPSA) is 84.6 Å². The fraction of sp³-hybridized carbons (Fsp3) is 0.500. The third kappa shape index (κ3) is 4.89. The van der Waals surface area contributed by atoms with Gasteiger partial charge in [-0.25, -0.2) is 0 Å². The molecule has 0 saturated carbocycles. The minimum absolute atomic E-state index is 0.0962. The lowest BCUT2D eigenvalue weighted by Crippen LogP contribution is -1.91. The van der Waals surface area contributed by atoms with Crippen LogP contribution in [0.25, 0.3) is 0 Å². The Morgan fingerprint density at radius 3 is 2.42 bits per heavy atom. The number of aromatic nitrogens is 4. The van der Waals surface area contributed by atoms with Gasteiger partial charge < -0.3 is 4.52 Å². The monoisotopic (exact) mass is 315 g/mol. The van der Waals surface area contributed by atoms with Crippen molar-refractivity contribution in [2.24, 2.45) is 0 Å². The van der Waals surface area contributed by atoms with Crippen LogP contribution in [-0.4, -0.2) is 26.8 Å². The van der Waals surface area contributed by atoms with Crippen molar-refractivity contribution >= 4 is 42.6 Å². The zero-order valence-corrected chi connectivity index (χ0v) is 13.1. The summed E-state index contributed by atoms with van der Waals surface area (Å²) in [6, 6.07) is 0. The van der Waals surface area contributed by atoms with Gasteiger partial charge in [-0.1, -0.05) is 11.3 Å². The van der Waals surface area contributed by atoms with Crippen molar-refractivity contribution in [3.8, 4) is 0 Å². The molecule has 2 aromatic rings. The first kappa shape index (κ1) is 14.4. The van der Waals surface area contributed by atoms with Gasteiger partial charge in [0, 0.05) is 12.8 Å². The van der Waals surface area contributed by atoms with E-state index < -0.39 is 0 Å². The van der Waals surface area contributed by atoms with E-state index in [1.165, 1.54) is 0 Å². The summed E-state index contributed by atoms with van der Waals surface area (Å²) < 4.78 is 5.73. The number of hydrogen-bond donors (Lipinski definition) is 1. The molecule has 6 nitrogen and oxygen atoms in total. The van der Waals surface area contributed by atoms with Crippen molar-refractivity contribution in [2.45, 2.75) is 32.6 Å². The quantitative estimate of drug-likeness (QED) is 0.349. The Morgan fingerprint density at radius 2 is 1.79 bits per heavy atom. The maximum atomic E-state index is 6.78. The summed E-state index contributed by atoms with van der Waals surface area (Å²) in [4.78, 5) is 0. The molecule has 102 valence electrons. The lowest BCUT2D eigenvalue weighted by atomic mass is 10.2. The van der Waals surface area contributed by atoms with Crippen LogP contribution >= 0.6 is 31.5 Å². The Kier molecular flexibility index (Phi) is 5.75. The molecule has 9 heteroatoms. The van der Waals surface area contributed by atoms with Crippen molar-refractivity contribution in [2.75, 3.05) is 0 Å². The second-order valence-corrected chi connectivity index (χ2v) is 7.36. The molecule has 0 amide bonds. The first-order chi connectivity index (χ1) is 9.28. The number of unbranched alkanes of at least 4 members (excludes halogenated alkanes) is 1. The number of nitrogens with one attached hydrogen (secondary N) is 1. The lowest BCUT2D eigenvalue weighted by molar-refractivity contribution is 0.659. The van der Waals surface area contributed by atoms with Crippen molar-refractivity contribution in [1.82, 2.24) is 20.4 Å². The molecule has 1 atom stereocenters. The summed E-state index contributed by atoms with van der Waals surface area (Å²) in [5.74, 6) is 0. The average molecular weight is 315 g/mol. The summed E-state index contributed by atoms with van der Waals surface area (Å²) >= 11 is 3.22. The largest absolute Gasteiger partial charge is 0.460 e. The van der Waals surface area contributed by atoms with E-state index in [1.807, 2.05) is 6.92 Å². The van der Waals surface area contributed by atoms with Gasteiger partial charge in [0.2, 0.25) is 0 Å². The number of hydrogen-bond acceptors (Lipinski definition) is 8. The van der Waals surface area contributed by atoms with Crippen LogP contribution in [0, 0.1) is 12.3 Å². The van der Waals surface area contributed by atoms with E-state index in [4.69, 9.17) is 9.93 Å². The van der Waals surface area contributed by atoms with Crippen LogP contribution in [0.5, 0.6) is 0 Å². The molecule has 19 heavy (non-hydrogen) atoms. The molecule has 2 heterocycles. The number of aryl methyl sites for hydroxylation is 3. The first-order valence-corrected chi connectivity index (χ1v) is 8.34. The van der Waals surface area contributed by atoms with E-state index in [0.29, 0.717) is 0 Å². The van der Waals surface area contributed by atoms with Crippen molar-refractivity contribution < 1.29 is 4.52 Å². The Hall–Kier alpha value is -0.980. The normalized spacial score (nSPS) is 11.2. The molecule has 2 aromatic heterocycles. The maximum absolute atomic E-state index is 6.78. The highest BCUT2D eigenvalue weighted by atomic mass is 32.1. The molecule has 0 fully saturated rings. The Morgan fingerprint density at radius 1 is 1.11 bits per heavy atom. The summed E-state index contributed by atoms with van der Waals surface area (Å²) in [5.41, 5.74) is 0. The third-order valence-corrected chi connectivity index (χ3v) is 5.03. The molecule has 0 aromatic carbocycles. The minimum Gasteiger partial charge on any atom is -0.460 e. The predicted octanol–water partition coefficient (Wildman–Crippen LogP) is 2.11. The Labute approximate surface area is 121 Å². The van der Waals surface area contributed by atoms with E-state index in [2.05, 4.69) is 20.4 Å². The molecular weight excluding hydrogens is 301 g/mol. The molecule has 0 bridgehead atoms. The summed E-state index contributed by atoms with van der Waals surface area (Å²) in [6.07, 6.45) is 5.01. The molecule has 1 unspecified atom stereocenters. The van der Waals surface area contributed by atoms with Crippen LogP contribution < -0.4 is 4.75 Å². The predicted molar refractivity (Wildman–Crippen MR) is 79.0 cm³/mol. The summed E-state index contributed by atoms with van der Waals surface area (Å²) in [7, 11) is 0.0962. The molecule has 0 radical (unpaired) electrons. The molecule has 0 aliphatic carbocycles. The van der Waals surface area contributed by atoms with Gasteiger partial charge in [-0.05, 0) is 19.8 Å². The fourth-order valence-corrected chi connectivity index (χ4v) is 3.77. The van der Waals surface area contributed by atoms with Gasteiger partial charge >= 0.3 is 0 Å². The summed E-state index contributed by atoms with van der Waals surface area (Å²) in [6.45, 7) is 1.97. The molecule has 0 saturated heterocycles. The number of nitrogens with zero attached hydrogens (tertiary/aromatic N) is 4. The van der Waals surface area contributed by atoms with Gasteiger partial charge in [0.05, 0.1) is 0 Å². The highest BCUT2D eigenvalue weighted by Crippen LogP contribution is 2.16. The molecule has 1 N–H and O–H groups in total. The minimum atomic E-state index is 0.0962. The van der Waals surface area contributed by atoms with Crippen LogP contribution in [0.4, 0.5) is 0 Å². The SMILES string of the molecule is Cc1nnc(CCCCc2nnc(POC=N)s2)s1. The summed E-state index contributed by atoms with van der Waals surface area (Å²) in [5, 5.41) is 26.2. The van der Waals surface area contributed by atoms with Crippen LogP contribution in [0.3, 0.4) is 0 Å². The van der Waals surface area contributed by atoms with E-state index in [-0.39, 0.29) is 8.81 Å². The zero-order valence-electron chi connectivity index (χ0n) is 10.4. The molecular formula is C10H14N5OPS2. The van der Waals surface area contributed by atoms with E-state index in [1.54, 1.807) is 22.7 Å². The molecule has 0 spiro atoms. The smallest absolute Gasteiger partial charge is 0.176 e. The number of rotatable bonds is 8. The van der Waals surface area contributed by atoms with Gasteiger partial charge in [-0.15, -0.1) is 31.7 Å². The van der Waals surface area contributed by atoms with E-state index in [0.717, 1.165) is 51.9 Å². The molecule has 0 aliphatic rings. The molecule has 2 rings (SSSR count). The Bertz CT molecular complexity index is 529. The first-order valence-electron chi connectivity index (χ1n) is 5.80. The van der Waals surface area contributed by atoms with Gasteiger partial charge in [0.15, 0.2) is 11.1 Å². The second-order valence-electron chi connectivity index (χ2n) is 3.76. The van der Waals surface area contributed by atoms with Crippen molar-refractivity contribution in [3.63, 3.8) is 0 Å². The van der Waals surface area contributed by atoms with Crippen LogP contribution in [0.1, 0.15) is 27.9 Å². The van der Waals surface area contributed by atoms with E-state index in [9.17, 15) is 0 Å². The highest BCUT2D eigenvalue weighted by Gasteiger charge is 2.05. The second kappa shape index (κ2) is 7.57. The van der Waals surface area contributed by atoms with Gasteiger partial charge in [-0.3, -0.25) is 5.41 Å². The van der Waals surface area contributed by atoms with Crippen LogP contribution in [0.2, 0.25) is 0 Å². The standard InChI is InChI=1S/C10H14N5OPS2/c1-7-12-13-8(18-7)4-2-3-5-9-14-15-10(19-9)17-16-6-11/h6,11,17H,2-5H2,1H3. The molecule has 0 aliphatic heterocycles. The zero-order chi connectivity index (χ0) is 13.5.